The Morgan fingerprint density at radius 1 is 1.10 bits per heavy atom. The van der Waals surface area contributed by atoms with Gasteiger partial charge in [0.1, 0.15) is 11.3 Å². The number of aromatic nitrogens is 1. The van der Waals surface area contributed by atoms with E-state index in [2.05, 4.69) is 10.4 Å². The van der Waals surface area contributed by atoms with E-state index >= 15 is 0 Å². The van der Waals surface area contributed by atoms with Crippen LogP contribution in [0.15, 0.2) is 42.5 Å². The van der Waals surface area contributed by atoms with Crippen molar-refractivity contribution < 1.29 is 4.39 Å². The zero-order valence-corrected chi connectivity index (χ0v) is 11.9. The molecule has 0 saturated heterocycles. The van der Waals surface area contributed by atoms with Crippen LogP contribution in [-0.2, 0) is 0 Å². The van der Waals surface area contributed by atoms with Crippen molar-refractivity contribution in [2.24, 2.45) is 5.84 Å². The van der Waals surface area contributed by atoms with Crippen molar-refractivity contribution in [2.75, 3.05) is 5.43 Å². The second-order valence-corrected chi connectivity index (χ2v) is 5.11. The summed E-state index contributed by atoms with van der Waals surface area (Å²) in [5.41, 5.74) is 7.15. The van der Waals surface area contributed by atoms with E-state index in [0.29, 0.717) is 16.6 Å². The molecule has 0 spiro atoms. The summed E-state index contributed by atoms with van der Waals surface area (Å²) in [6.07, 6.45) is 0. The van der Waals surface area contributed by atoms with Crippen LogP contribution in [0.5, 0.6) is 0 Å². The number of hydrazine groups is 1. The van der Waals surface area contributed by atoms with E-state index in [4.69, 9.17) is 5.84 Å². The molecule has 4 heteroatoms. The number of hydrogen-bond donors (Lipinski definition) is 2. The third-order valence-corrected chi connectivity index (χ3v) is 3.62. The lowest BCUT2D eigenvalue weighted by atomic mass is 10.0. The topological polar surface area (TPSA) is 50.9 Å². The molecule has 0 amide bonds. The van der Waals surface area contributed by atoms with Crippen LogP contribution >= 0.6 is 0 Å². The van der Waals surface area contributed by atoms with E-state index in [1.54, 1.807) is 0 Å². The van der Waals surface area contributed by atoms with E-state index in [0.717, 1.165) is 22.4 Å². The lowest BCUT2D eigenvalue weighted by molar-refractivity contribution is 0.636. The first-order valence-corrected chi connectivity index (χ1v) is 6.74. The predicted octanol–water partition coefficient (Wildman–Crippen LogP) is 3.94. The number of aryl methyl sites for hydroxylation is 1. The van der Waals surface area contributed by atoms with Gasteiger partial charge in [-0.1, -0.05) is 30.3 Å². The van der Waals surface area contributed by atoms with Crippen LogP contribution in [0.25, 0.3) is 22.2 Å². The van der Waals surface area contributed by atoms with Crippen LogP contribution < -0.4 is 11.3 Å². The lowest BCUT2D eigenvalue weighted by Crippen LogP contribution is -2.10. The van der Waals surface area contributed by atoms with Crippen molar-refractivity contribution >= 4 is 16.6 Å². The highest BCUT2D eigenvalue weighted by Gasteiger charge is 2.15. The first kappa shape index (κ1) is 13.5. The average molecular weight is 281 g/mol. The Labute approximate surface area is 122 Å². The fraction of sp³-hybridized carbons (Fsp3) is 0.118. The second kappa shape index (κ2) is 5.14. The second-order valence-electron chi connectivity index (χ2n) is 5.11. The molecule has 0 fully saturated rings. The summed E-state index contributed by atoms with van der Waals surface area (Å²) in [6.45, 7) is 3.79. The Morgan fingerprint density at radius 3 is 2.48 bits per heavy atom. The van der Waals surface area contributed by atoms with E-state index in [9.17, 15) is 4.39 Å². The summed E-state index contributed by atoms with van der Waals surface area (Å²) in [7, 11) is 0. The van der Waals surface area contributed by atoms with Gasteiger partial charge in [0, 0.05) is 16.5 Å². The van der Waals surface area contributed by atoms with Crippen LogP contribution in [0.3, 0.4) is 0 Å². The average Bonchev–Trinajstić information content (AvgIpc) is 2.47. The Morgan fingerprint density at radius 2 is 1.81 bits per heavy atom. The van der Waals surface area contributed by atoms with Crippen molar-refractivity contribution in [1.82, 2.24) is 4.98 Å². The number of halogens is 1. The maximum atomic E-state index is 14.3. The molecule has 0 aliphatic rings. The fourth-order valence-corrected chi connectivity index (χ4v) is 2.62. The van der Waals surface area contributed by atoms with Gasteiger partial charge in [0.2, 0.25) is 0 Å². The highest BCUT2D eigenvalue weighted by Crippen LogP contribution is 2.34. The lowest BCUT2D eigenvalue weighted by Gasteiger charge is -2.15. The summed E-state index contributed by atoms with van der Waals surface area (Å²) in [6, 6.07) is 13.1. The first-order valence-electron chi connectivity index (χ1n) is 6.74. The minimum absolute atomic E-state index is 0.331. The van der Waals surface area contributed by atoms with Crippen molar-refractivity contribution in [3.8, 4) is 11.3 Å². The van der Waals surface area contributed by atoms with Crippen LogP contribution in [0.1, 0.15) is 11.1 Å². The van der Waals surface area contributed by atoms with Crippen molar-refractivity contribution in [1.29, 1.82) is 0 Å². The third kappa shape index (κ3) is 2.23. The summed E-state index contributed by atoms with van der Waals surface area (Å²) < 4.78 is 14.3. The molecule has 0 unspecified atom stereocenters. The van der Waals surface area contributed by atoms with E-state index in [-0.39, 0.29) is 5.82 Å². The molecular formula is C17H16FN3. The molecule has 0 radical (unpaired) electrons. The minimum Gasteiger partial charge on any atom is -0.323 e. The molecule has 1 aromatic heterocycles. The Balaban J connectivity index is 2.41. The maximum absolute atomic E-state index is 14.3. The summed E-state index contributed by atoms with van der Waals surface area (Å²) in [5, 5.41) is 0.701. The van der Waals surface area contributed by atoms with E-state index in [1.807, 2.05) is 50.2 Å². The van der Waals surface area contributed by atoms with Gasteiger partial charge in [-0.15, -0.1) is 0 Å². The van der Waals surface area contributed by atoms with Crippen LogP contribution in [0, 0.1) is 19.7 Å². The molecule has 3 nitrogen and oxygen atoms in total. The molecule has 0 atom stereocenters. The highest BCUT2D eigenvalue weighted by atomic mass is 19.1. The first-order chi connectivity index (χ1) is 10.1. The number of nitrogen functional groups attached to an aromatic ring is 1. The van der Waals surface area contributed by atoms with Gasteiger partial charge in [-0.05, 0) is 31.5 Å². The molecule has 1 heterocycles. The van der Waals surface area contributed by atoms with E-state index < -0.39 is 0 Å². The van der Waals surface area contributed by atoms with Gasteiger partial charge < -0.3 is 5.43 Å². The number of anilines is 1. The monoisotopic (exact) mass is 281 g/mol. The number of rotatable bonds is 2. The van der Waals surface area contributed by atoms with Crippen LogP contribution in [-0.4, -0.2) is 4.98 Å². The largest absolute Gasteiger partial charge is 0.323 e. The number of nitrogens with one attached hydrogen (secondary N) is 1. The van der Waals surface area contributed by atoms with Crippen molar-refractivity contribution in [2.45, 2.75) is 13.8 Å². The zero-order chi connectivity index (χ0) is 15.0. The Bertz CT molecular complexity index is 813. The van der Waals surface area contributed by atoms with Crippen molar-refractivity contribution in [3.05, 3.63) is 59.4 Å². The number of benzene rings is 2. The van der Waals surface area contributed by atoms with Gasteiger partial charge in [-0.3, -0.25) is 5.84 Å². The number of pyridine rings is 1. The Kier molecular flexibility index (Phi) is 3.31. The molecule has 3 rings (SSSR count). The predicted molar refractivity (Wildman–Crippen MR) is 84.4 cm³/mol. The summed E-state index contributed by atoms with van der Waals surface area (Å²) >= 11 is 0. The van der Waals surface area contributed by atoms with Gasteiger partial charge in [-0.2, -0.15) is 0 Å². The normalized spacial score (nSPS) is 10.9. The number of nitrogens with zero attached hydrogens (tertiary/aromatic N) is 1. The van der Waals surface area contributed by atoms with Gasteiger partial charge >= 0.3 is 0 Å². The molecule has 3 aromatic rings. The van der Waals surface area contributed by atoms with Gasteiger partial charge in [0.05, 0.1) is 11.4 Å². The van der Waals surface area contributed by atoms with Gasteiger partial charge in [-0.25, -0.2) is 9.37 Å². The molecule has 2 aromatic carbocycles. The van der Waals surface area contributed by atoms with Crippen molar-refractivity contribution in [3.63, 3.8) is 0 Å². The quantitative estimate of drug-likeness (QED) is 0.552. The maximum Gasteiger partial charge on any atom is 0.149 e. The molecule has 106 valence electrons. The van der Waals surface area contributed by atoms with Gasteiger partial charge in [0.15, 0.2) is 0 Å². The molecular weight excluding hydrogens is 265 g/mol. The highest BCUT2D eigenvalue weighted by molar-refractivity contribution is 5.96. The fourth-order valence-electron chi connectivity index (χ4n) is 2.62. The van der Waals surface area contributed by atoms with Crippen LogP contribution in [0.4, 0.5) is 10.1 Å². The van der Waals surface area contributed by atoms with Crippen LogP contribution in [0.2, 0.25) is 0 Å². The van der Waals surface area contributed by atoms with E-state index in [1.165, 1.54) is 6.07 Å². The third-order valence-electron chi connectivity index (χ3n) is 3.62. The Hall–Kier alpha value is -2.46. The van der Waals surface area contributed by atoms with Gasteiger partial charge in [0.25, 0.3) is 0 Å². The molecule has 0 aliphatic carbocycles. The minimum atomic E-state index is -0.335. The molecule has 21 heavy (non-hydrogen) atoms. The molecule has 0 aliphatic heterocycles. The smallest absolute Gasteiger partial charge is 0.149 e. The SMILES string of the molecule is Cc1cc(F)c2nc(-c3ccccc3)c(C)c(NN)c2c1. The molecule has 3 N–H and O–H groups in total. The number of fused-ring (bicyclic) bond motifs is 1. The summed E-state index contributed by atoms with van der Waals surface area (Å²) in [4.78, 5) is 4.52. The summed E-state index contributed by atoms with van der Waals surface area (Å²) in [5.74, 6) is 5.33. The zero-order valence-electron chi connectivity index (χ0n) is 11.9. The number of hydrogen-bond acceptors (Lipinski definition) is 3. The number of nitrogens with two attached hydrogens (primary N) is 1. The molecule has 0 bridgehead atoms. The standard InChI is InChI=1S/C17H16FN3/c1-10-8-13-16(21-19)11(2)15(12-6-4-3-5-7-12)20-17(13)14(18)9-10/h3-9H,19H2,1-2H3,(H,20,21). The molecule has 0 saturated carbocycles.